The summed E-state index contributed by atoms with van der Waals surface area (Å²) in [7, 11) is 0. The predicted molar refractivity (Wildman–Crippen MR) is 61.9 cm³/mol. The smallest absolute Gasteiger partial charge is 0.253 e. The van der Waals surface area contributed by atoms with Crippen LogP contribution in [0.1, 0.15) is 17.1 Å². The van der Waals surface area contributed by atoms with E-state index in [2.05, 4.69) is 9.97 Å². The van der Waals surface area contributed by atoms with Gasteiger partial charge in [0.25, 0.3) is 0 Å². The molecule has 0 saturated carbocycles. The number of aryl methyl sites for hydroxylation is 2. The van der Waals surface area contributed by atoms with Gasteiger partial charge in [0, 0.05) is 17.0 Å². The Kier molecular flexibility index (Phi) is 3.07. The Hall–Kier alpha value is -1.91. The number of alkyl halides is 3. The first kappa shape index (κ1) is 12.5. The molecule has 2 aromatic rings. The third-order valence-corrected chi connectivity index (χ3v) is 2.54. The Labute approximate surface area is 103 Å². The molecule has 18 heavy (non-hydrogen) atoms. The minimum atomic E-state index is -4.41. The molecule has 0 aliphatic heterocycles. The quantitative estimate of drug-likeness (QED) is 0.771. The van der Waals surface area contributed by atoms with Crippen LogP contribution in [-0.4, -0.2) is 9.97 Å². The Balaban J connectivity index is 2.48. The monoisotopic (exact) mass is 252 g/mol. The fraction of sp³-hybridized carbons (Fsp3) is 0.231. The zero-order chi connectivity index (χ0) is 13.3. The lowest BCUT2D eigenvalue weighted by Gasteiger charge is -2.10. The van der Waals surface area contributed by atoms with E-state index in [9.17, 15) is 13.2 Å². The van der Waals surface area contributed by atoms with E-state index in [0.717, 1.165) is 11.8 Å². The van der Waals surface area contributed by atoms with Gasteiger partial charge in [0.1, 0.15) is 5.69 Å². The molecule has 0 unspecified atom stereocenters. The van der Waals surface area contributed by atoms with Crippen LogP contribution in [0.15, 0.2) is 30.3 Å². The van der Waals surface area contributed by atoms with Crippen LogP contribution in [0, 0.1) is 13.8 Å². The zero-order valence-electron chi connectivity index (χ0n) is 9.92. The molecule has 0 amide bonds. The summed E-state index contributed by atoms with van der Waals surface area (Å²) in [5, 5.41) is 0. The molecule has 2 nitrogen and oxygen atoms in total. The van der Waals surface area contributed by atoms with Crippen LogP contribution < -0.4 is 0 Å². The van der Waals surface area contributed by atoms with Crippen LogP contribution in [0.5, 0.6) is 0 Å². The summed E-state index contributed by atoms with van der Waals surface area (Å²) in [6.07, 6.45) is -4.41. The van der Waals surface area contributed by atoms with E-state index in [-0.39, 0.29) is 0 Å². The first-order valence-electron chi connectivity index (χ1n) is 5.37. The van der Waals surface area contributed by atoms with Gasteiger partial charge in [-0.2, -0.15) is 13.2 Å². The van der Waals surface area contributed by atoms with E-state index >= 15 is 0 Å². The molecule has 0 saturated heterocycles. The maximum atomic E-state index is 12.5. The maximum Gasteiger partial charge on any atom is 0.433 e. The standard InChI is InChI=1S/C13H11F3N2/c1-8-4-3-5-11(17-8)10-6-7-12(13(14,15)16)18-9(10)2/h3-7H,1-2H3. The van der Waals surface area contributed by atoms with Crippen molar-refractivity contribution in [1.82, 2.24) is 9.97 Å². The van der Waals surface area contributed by atoms with Gasteiger partial charge in [-0.15, -0.1) is 0 Å². The van der Waals surface area contributed by atoms with Gasteiger partial charge in [0.05, 0.1) is 5.69 Å². The normalized spacial score (nSPS) is 11.6. The van der Waals surface area contributed by atoms with Crippen molar-refractivity contribution in [2.45, 2.75) is 20.0 Å². The second kappa shape index (κ2) is 4.40. The summed E-state index contributed by atoms with van der Waals surface area (Å²) >= 11 is 0. The topological polar surface area (TPSA) is 25.8 Å². The third-order valence-electron chi connectivity index (χ3n) is 2.54. The highest BCUT2D eigenvalue weighted by Crippen LogP contribution is 2.30. The van der Waals surface area contributed by atoms with Crippen LogP contribution in [0.25, 0.3) is 11.3 Å². The maximum absolute atomic E-state index is 12.5. The van der Waals surface area contributed by atoms with Gasteiger partial charge in [-0.3, -0.25) is 4.98 Å². The highest BCUT2D eigenvalue weighted by atomic mass is 19.4. The fourth-order valence-electron chi connectivity index (χ4n) is 1.68. The van der Waals surface area contributed by atoms with Gasteiger partial charge in [-0.25, -0.2) is 4.98 Å². The molecule has 0 aliphatic carbocycles. The molecule has 0 aliphatic rings. The Bertz CT molecular complexity index is 577. The summed E-state index contributed by atoms with van der Waals surface area (Å²) in [6.45, 7) is 3.38. The highest BCUT2D eigenvalue weighted by molar-refractivity contribution is 5.61. The Morgan fingerprint density at radius 1 is 0.944 bits per heavy atom. The van der Waals surface area contributed by atoms with Crippen molar-refractivity contribution in [2.75, 3.05) is 0 Å². The van der Waals surface area contributed by atoms with E-state index < -0.39 is 11.9 Å². The largest absolute Gasteiger partial charge is 0.433 e. The molecule has 0 spiro atoms. The molecule has 0 N–H and O–H groups in total. The SMILES string of the molecule is Cc1cccc(-c2ccc(C(F)(F)F)nc2C)n1. The predicted octanol–water partition coefficient (Wildman–Crippen LogP) is 3.78. The molecule has 2 aromatic heterocycles. The summed E-state index contributed by atoms with van der Waals surface area (Å²) in [5.41, 5.74) is 1.51. The van der Waals surface area contributed by atoms with Crippen molar-refractivity contribution in [2.24, 2.45) is 0 Å². The summed E-state index contributed by atoms with van der Waals surface area (Å²) in [6, 6.07) is 7.79. The third kappa shape index (κ3) is 2.50. The second-order valence-corrected chi connectivity index (χ2v) is 3.99. The van der Waals surface area contributed by atoms with Crippen LogP contribution in [0.4, 0.5) is 13.2 Å². The average molecular weight is 252 g/mol. The molecule has 0 bridgehead atoms. The summed E-state index contributed by atoms with van der Waals surface area (Å²) in [4.78, 5) is 7.86. The van der Waals surface area contributed by atoms with Gasteiger partial charge in [-0.05, 0) is 38.1 Å². The van der Waals surface area contributed by atoms with Crippen LogP contribution >= 0.6 is 0 Å². The van der Waals surface area contributed by atoms with Crippen molar-refractivity contribution in [3.63, 3.8) is 0 Å². The lowest BCUT2D eigenvalue weighted by Crippen LogP contribution is -2.09. The number of aromatic nitrogens is 2. The number of halogens is 3. The molecule has 2 rings (SSSR count). The fourth-order valence-corrected chi connectivity index (χ4v) is 1.68. The highest BCUT2D eigenvalue weighted by Gasteiger charge is 2.32. The average Bonchev–Trinajstić information content (AvgIpc) is 2.27. The Morgan fingerprint density at radius 2 is 1.67 bits per heavy atom. The van der Waals surface area contributed by atoms with Gasteiger partial charge in [-0.1, -0.05) is 6.07 Å². The van der Waals surface area contributed by atoms with E-state index in [1.807, 2.05) is 19.1 Å². The van der Waals surface area contributed by atoms with Gasteiger partial charge in [0.2, 0.25) is 0 Å². The second-order valence-electron chi connectivity index (χ2n) is 3.99. The van der Waals surface area contributed by atoms with Gasteiger partial charge < -0.3 is 0 Å². The molecule has 94 valence electrons. The van der Waals surface area contributed by atoms with Gasteiger partial charge >= 0.3 is 6.18 Å². The first-order valence-corrected chi connectivity index (χ1v) is 5.37. The van der Waals surface area contributed by atoms with Crippen molar-refractivity contribution >= 4 is 0 Å². The zero-order valence-corrected chi connectivity index (χ0v) is 9.92. The number of pyridine rings is 2. The van der Waals surface area contributed by atoms with E-state index in [0.29, 0.717) is 17.0 Å². The summed E-state index contributed by atoms with van der Waals surface area (Å²) < 4.78 is 37.5. The molecule has 0 fully saturated rings. The van der Waals surface area contributed by atoms with Crippen LogP contribution in [-0.2, 0) is 6.18 Å². The molecule has 0 radical (unpaired) electrons. The molecule has 2 heterocycles. The van der Waals surface area contributed by atoms with E-state index in [1.54, 1.807) is 13.0 Å². The molecule has 5 heteroatoms. The lowest BCUT2D eigenvalue weighted by atomic mass is 10.1. The van der Waals surface area contributed by atoms with Crippen molar-refractivity contribution < 1.29 is 13.2 Å². The lowest BCUT2D eigenvalue weighted by molar-refractivity contribution is -0.141. The first-order chi connectivity index (χ1) is 8.38. The van der Waals surface area contributed by atoms with Gasteiger partial charge in [0.15, 0.2) is 0 Å². The minimum absolute atomic E-state index is 0.322. The molecule has 0 atom stereocenters. The minimum Gasteiger partial charge on any atom is -0.253 e. The van der Waals surface area contributed by atoms with Crippen molar-refractivity contribution in [3.8, 4) is 11.3 Å². The van der Waals surface area contributed by atoms with Crippen LogP contribution in [0.3, 0.4) is 0 Å². The van der Waals surface area contributed by atoms with Crippen molar-refractivity contribution in [1.29, 1.82) is 0 Å². The summed E-state index contributed by atoms with van der Waals surface area (Å²) in [5.74, 6) is 0. The number of hydrogen-bond acceptors (Lipinski definition) is 2. The molecule has 0 aromatic carbocycles. The number of rotatable bonds is 1. The number of nitrogens with zero attached hydrogens (tertiary/aromatic N) is 2. The van der Waals surface area contributed by atoms with E-state index in [1.165, 1.54) is 6.07 Å². The van der Waals surface area contributed by atoms with Crippen molar-refractivity contribution in [3.05, 3.63) is 47.4 Å². The molecular formula is C13H11F3N2. The molecular weight excluding hydrogens is 241 g/mol. The van der Waals surface area contributed by atoms with E-state index in [4.69, 9.17) is 0 Å². The Morgan fingerprint density at radius 3 is 2.22 bits per heavy atom. The number of hydrogen-bond donors (Lipinski definition) is 0. The van der Waals surface area contributed by atoms with Crippen LogP contribution in [0.2, 0.25) is 0 Å².